The van der Waals surface area contributed by atoms with Gasteiger partial charge in [0.2, 0.25) is 0 Å². The number of pyridine rings is 1. The number of rotatable bonds is 5. The van der Waals surface area contributed by atoms with Crippen molar-refractivity contribution in [2.24, 2.45) is 0 Å². The van der Waals surface area contributed by atoms with Gasteiger partial charge in [-0.1, -0.05) is 0 Å². The molecule has 0 atom stereocenters. The predicted octanol–water partition coefficient (Wildman–Crippen LogP) is 0.103. The van der Waals surface area contributed by atoms with Gasteiger partial charge >= 0.3 is 5.69 Å². The van der Waals surface area contributed by atoms with Crippen LogP contribution in [0, 0.1) is 6.92 Å². The summed E-state index contributed by atoms with van der Waals surface area (Å²) in [5.74, 6) is -0.336. The maximum atomic E-state index is 12.0. The van der Waals surface area contributed by atoms with Crippen molar-refractivity contribution in [1.82, 2.24) is 25.6 Å². The van der Waals surface area contributed by atoms with E-state index in [0.717, 1.165) is 13.0 Å². The first-order chi connectivity index (χ1) is 10.0. The molecule has 0 aliphatic carbocycles. The Morgan fingerprint density at radius 1 is 1.22 bits per heavy atom. The van der Waals surface area contributed by atoms with E-state index in [1.807, 2.05) is 7.05 Å². The Morgan fingerprint density at radius 2 is 1.91 bits per heavy atom. The minimum absolute atomic E-state index is 0. The Morgan fingerprint density at radius 3 is 2.57 bits per heavy atom. The highest BCUT2D eigenvalue weighted by Gasteiger charge is 2.12. The van der Waals surface area contributed by atoms with Crippen molar-refractivity contribution in [2.45, 2.75) is 13.3 Å². The number of carbonyl (C=O) groups excluding carboxylic acids is 1. The highest BCUT2D eigenvalue weighted by molar-refractivity contribution is 5.95. The number of hydrogen-bond acceptors (Lipinski definition) is 5. The molecule has 1 amide bonds. The average Bonchev–Trinajstić information content (AvgIpc) is 2.42. The third-order valence-corrected chi connectivity index (χ3v) is 3.02. The molecule has 10 heteroatoms. The summed E-state index contributed by atoms with van der Waals surface area (Å²) in [6.07, 6.45) is 0.797. The normalized spacial score (nSPS) is 9.83. The number of H-pyrrole nitrogens is 2. The number of amides is 1. The monoisotopic (exact) mass is 363 g/mol. The van der Waals surface area contributed by atoms with Crippen molar-refractivity contribution in [3.63, 3.8) is 0 Å². The summed E-state index contributed by atoms with van der Waals surface area (Å²) in [7, 11) is 1.84. The minimum atomic E-state index is -0.647. The molecule has 0 aliphatic heterocycles. The number of nitrogens with one attached hydrogen (secondary N) is 4. The summed E-state index contributed by atoms with van der Waals surface area (Å²) in [5, 5.41) is 6.00. The van der Waals surface area contributed by atoms with Crippen molar-refractivity contribution in [2.75, 3.05) is 20.1 Å². The van der Waals surface area contributed by atoms with Gasteiger partial charge in [0.1, 0.15) is 11.3 Å². The Balaban J connectivity index is 0.00000242. The molecule has 2 aromatic rings. The summed E-state index contributed by atoms with van der Waals surface area (Å²) in [4.78, 5) is 43.6. The number of aryl methyl sites for hydroxylation is 1. The first kappa shape index (κ1) is 21.1. The molecule has 0 radical (unpaired) electrons. The van der Waals surface area contributed by atoms with E-state index in [2.05, 4.69) is 25.6 Å². The molecule has 0 saturated carbocycles. The Labute approximate surface area is 144 Å². The number of nitrogens with zero attached hydrogens (tertiary/aromatic N) is 1. The second-order valence-electron chi connectivity index (χ2n) is 4.67. The zero-order valence-electron chi connectivity index (χ0n) is 12.7. The first-order valence-electron chi connectivity index (χ1n) is 6.59. The van der Waals surface area contributed by atoms with Crippen LogP contribution in [0.2, 0.25) is 0 Å². The zero-order valence-corrected chi connectivity index (χ0v) is 14.3. The van der Waals surface area contributed by atoms with E-state index >= 15 is 0 Å². The zero-order chi connectivity index (χ0) is 15.4. The highest BCUT2D eigenvalue weighted by Crippen LogP contribution is 2.10. The summed E-state index contributed by atoms with van der Waals surface area (Å²) in [6.45, 7) is 3.01. The van der Waals surface area contributed by atoms with Crippen molar-refractivity contribution >= 4 is 41.8 Å². The number of aromatic amines is 2. The van der Waals surface area contributed by atoms with Crippen LogP contribution in [0.1, 0.15) is 22.5 Å². The van der Waals surface area contributed by atoms with Crippen molar-refractivity contribution in [3.05, 3.63) is 38.2 Å². The van der Waals surface area contributed by atoms with E-state index in [4.69, 9.17) is 0 Å². The maximum Gasteiger partial charge on any atom is 0.327 e. The molecule has 2 rings (SSSR count). The Hall–Kier alpha value is -1.90. The van der Waals surface area contributed by atoms with Gasteiger partial charge in [-0.05, 0) is 38.6 Å². The lowest BCUT2D eigenvalue weighted by Crippen LogP contribution is -2.28. The van der Waals surface area contributed by atoms with Gasteiger partial charge in [-0.3, -0.25) is 19.6 Å². The second kappa shape index (κ2) is 9.29. The molecule has 4 N–H and O–H groups in total. The van der Waals surface area contributed by atoms with E-state index in [0.29, 0.717) is 12.1 Å². The SMILES string of the molecule is CNCCCNC(=O)c1cc(C)c2c(=O)[nH]c(=O)[nH]c2n1.Cl.Cl. The molecule has 8 nitrogen and oxygen atoms in total. The van der Waals surface area contributed by atoms with E-state index in [9.17, 15) is 14.4 Å². The molecule has 0 unspecified atom stereocenters. The maximum absolute atomic E-state index is 12.0. The molecule has 0 aliphatic rings. The fraction of sp³-hybridized carbons (Fsp3) is 0.385. The van der Waals surface area contributed by atoms with Gasteiger partial charge in [0.05, 0.1) is 5.39 Å². The molecule has 2 aromatic heterocycles. The fourth-order valence-electron chi connectivity index (χ4n) is 2.03. The largest absolute Gasteiger partial charge is 0.351 e. The van der Waals surface area contributed by atoms with Crippen molar-refractivity contribution in [3.8, 4) is 0 Å². The molecule has 0 saturated heterocycles. The molecule has 0 spiro atoms. The number of fused-ring (bicyclic) bond motifs is 1. The third-order valence-electron chi connectivity index (χ3n) is 3.02. The first-order valence-corrected chi connectivity index (χ1v) is 6.59. The summed E-state index contributed by atoms with van der Waals surface area (Å²) >= 11 is 0. The average molecular weight is 364 g/mol. The number of aromatic nitrogens is 3. The Kier molecular flexibility index (Phi) is 8.52. The van der Waals surface area contributed by atoms with E-state index in [1.165, 1.54) is 6.07 Å². The topological polar surface area (TPSA) is 120 Å². The lowest BCUT2D eigenvalue weighted by atomic mass is 10.1. The van der Waals surface area contributed by atoms with Crippen LogP contribution in [0.4, 0.5) is 0 Å². The van der Waals surface area contributed by atoms with Crippen molar-refractivity contribution in [1.29, 1.82) is 0 Å². The lowest BCUT2D eigenvalue weighted by Gasteiger charge is -2.07. The van der Waals surface area contributed by atoms with Gasteiger partial charge in [-0.25, -0.2) is 9.78 Å². The number of carbonyl (C=O) groups is 1. The Bertz CT molecular complexity index is 787. The van der Waals surface area contributed by atoms with Crippen LogP contribution in [0.3, 0.4) is 0 Å². The van der Waals surface area contributed by atoms with Gasteiger partial charge in [0, 0.05) is 6.54 Å². The van der Waals surface area contributed by atoms with Crippen LogP contribution in [0.15, 0.2) is 15.7 Å². The van der Waals surface area contributed by atoms with Gasteiger partial charge in [0.25, 0.3) is 11.5 Å². The minimum Gasteiger partial charge on any atom is -0.351 e. The van der Waals surface area contributed by atoms with Gasteiger partial charge in [-0.2, -0.15) is 0 Å². The van der Waals surface area contributed by atoms with E-state index < -0.39 is 11.2 Å². The van der Waals surface area contributed by atoms with Crippen LogP contribution in [-0.2, 0) is 0 Å². The van der Waals surface area contributed by atoms with Crippen LogP contribution in [0.5, 0.6) is 0 Å². The summed E-state index contributed by atoms with van der Waals surface area (Å²) < 4.78 is 0. The molecular formula is C13H19Cl2N5O3. The van der Waals surface area contributed by atoms with Gasteiger partial charge in [-0.15, -0.1) is 24.8 Å². The van der Waals surface area contributed by atoms with Crippen LogP contribution in [0.25, 0.3) is 11.0 Å². The lowest BCUT2D eigenvalue weighted by molar-refractivity contribution is 0.0948. The molecule has 0 fully saturated rings. The number of halogens is 2. The summed E-state index contributed by atoms with van der Waals surface area (Å²) in [5.41, 5.74) is -0.293. The molecule has 23 heavy (non-hydrogen) atoms. The van der Waals surface area contributed by atoms with Gasteiger partial charge in [0.15, 0.2) is 0 Å². The predicted molar refractivity (Wildman–Crippen MR) is 93.1 cm³/mol. The molecule has 2 heterocycles. The van der Waals surface area contributed by atoms with E-state index in [-0.39, 0.29) is 47.4 Å². The summed E-state index contributed by atoms with van der Waals surface area (Å²) in [6, 6.07) is 1.53. The molecule has 0 aromatic carbocycles. The molecule has 0 bridgehead atoms. The van der Waals surface area contributed by atoms with Gasteiger partial charge < -0.3 is 10.6 Å². The third kappa shape index (κ3) is 5.05. The highest BCUT2D eigenvalue weighted by atomic mass is 35.5. The smallest absolute Gasteiger partial charge is 0.327 e. The second-order valence-corrected chi connectivity index (χ2v) is 4.67. The van der Waals surface area contributed by atoms with Crippen LogP contribution >= 0.6 is 24.8 Å². The standard InChI is InChI=1S/C13H17N5O3.2ClH/c1-7-6-8(11(19)15-5-3-4-14-2)16-10-9(7)12(20)18-13(21)17-10;;/h6,14H,3-5H2,1-2H3,(H,15,19)(H2,16,17,18,20,21);2*1H. The quantitative estimate of drug-likeness (QED) is 0.561. The van der Waals surface area contributed by atoms with E-state index in [1.54, 1.807) is 6.92 Å². The van der Waals surface area contributed by atoms with Crippen LogP contribution in [-0.4, -0.2) is 41.0 Å². The van der Waals surface area contributed by atoms with Crippen molar-refractivity contribution < 1.29 is 4.79 Å². The molecule has 128 valence electrons. The van der Waals surface area contributed by atoms with Crippen LogP contribution < -0.4 is 21.9 Å². The molecular weight excluding hydrogens is 345 g/mol. The fourth-order valence-corrected chi connectivity index (χ4v) is 2.03. The number of hydrogen-bond donors (Lipinski definition) is 4.